The van der Waals surface area contributed by atoms with E-state index in [9.17, 15) is 0 Å². The van der Waals surface area contributed by atoms with Crippen molar-refractivity contribution in [3.63, 3.8) is 0 Å². The normalized spacial score (nSPS) is 15.8. The van der Waals surface area contributed by atoms with Crippen LogP contribution >= 0.6 is 0 Å². The van der Waals surface area contributed by atoms with Crippen LogP contribution in [-0.4, -0.2) is 30.7 Å². The monoisotopic (exact) mass is 360 g/mol. The number of anilines is 2. The van der Waals surface area contributed by atoms with Crippen LogP contribution < -0.4 is 19.3 Å². The second-order valence-electron chi connectivity index (χ2n) is 5.96. The number of nitrogens with zero attached hydrogens (tertiary/aromatic N) is 4. The average molecular weight is 360 g/mol. The maximum Gasteiger partial charge on any atom is 0.214 e. The van der Waals surface area contributed by atoms with Gasteiger partial charge in [-0.25, -0.2) is 0 Å². The zero-order valence-corrected chi connectivity index (χ0v) is 15.2. The van der Waals surface area contributed by atoms with Crippen molar-refractivity contribution in [2.45, 2.75) is 0 Å². The minimum absolute atomic E-state index is 0.588. The van der Waals surface area contributed by atoms with Gasteiger partial charge in [-0.3, -0.25) is 0 Å². The van der Waals surface area contributed by atoms with E-state index in [1.165, 1.54) is 0 Å². The lowest BCUT2D eigenvalue weighted by Gasteiger charge is -2.25. The first-order valence-corrected chi connectivity index (χ1v) is 8.55. The first-order chi connectivity index (χ1) is 13.3. The van der Waals surface area contributed by atoms with Crippen molar-refractivity contribution >= 4 is 11.4 Å². The molecular formula is C21H20N4O2. The largest absolute Gasteiger partial charge is 0.495 e. The molecule has 136 valence electrons. The Hall–Kier alpha value is -3.28. The van der Waals surface area contributed by atoms with Crippen LogP contribution in [0.15, 0.2) is 73.3 Å². The van der Waals surface area contributed by atoms with E-state index in [1.54, 1.807) is 14.2 Å². The van der Waals surface area contributed by atoms with Crippen molar-refractivity contribution in [3.8, 4) is 11.5 Å². The van der Waals surface area contributed by atoms with E-state index in [2.05, 4.69) is 13.3 Å². The highest BCUT2D eigenvalue weighted by Gasteiger charge is 2.24. The molecule has 4 radical (unpaired) electrons. The minimum Gasteiger partial charge on any atom is -0.495 e. The topological polar surface area (TPSA) is 31.4 Å². The van der Waals surface area contributed by atoms with Gasteiger partial charge in [-0.2, -0.15) is 0 Å². The van der Waals surface area contributed by atoms with Crippen LogP contribution in [0.3, 0.4) is 0 Å². The summed E-state index contributed by atoms with van der Waals surface area (Å²) in [6, 6.07) is 15.7. The lowest BCUT2D eigenvalue weighted by atomic mass is 10.3. The molecule has 2 aliphatic rings. The van der Waals surface area contributed by atoms with Crippen LogP contribution in [-0.2, 0) is 0 Å². The van der Waals surface area contributed by atoms with Crippen molar-refractivity contribution in [1.82, 2.24) is 9.80 Å². The Morgan fingerprint density at radius 2 is 1.11 bits per heavy atom. The summed E-state index contributed by atoms with van der Waals surface area (Å²) < 4.78 is 10.8. The van der Waals surface area contributed by atoms with Gasteiger partial charge in [-0.05, 0) is 24.3 Å². The molecule has 0 atom stereocenters. The fraction of sp³-hybridized carbons (Fsp3) is 0.143. The Morgan fingerprint density at radius 1 is 0.667 bits per heavy atom. The molecule has 2 aromatic rings. The lowest BCUT2D eigenvalue weighted by Crippen LogP contribution is -2.30. The van der Waals surface area contributed by atoms with Gasteiger partial charge in [0, 0.05) is 24.8 Å². The minimum atomic E-state index is 0.588. The van der Waals surface area contributed by atoms with E-state index in [0.29, 0.717) is 6.67 Å². The highest BCUT2D eigenvalue weighted by atomic mass is 16.5. The van der Waals surface area contributed by atoms with Gasteiger partial charge in [0.05, 0.1) is 32.3 Å². The van der Waals surface area contributed by atoms with Crippen LogP contribution in [0.5, 0.6) is 11.5 Å². The van der Waals surface area contributed by atoms with Crippen molar-refractivity contribution in [2.75, 3.05) is 30.7 Å². The van der Waals surface area contributed by atoms with Gasteiger partial charge in [0.25, 0.3) is 0 Å². The van der Waals surface area contributed by atoms with Gasteiger partial charge in [-0.1, -0.05) is 24.3 Å². The van der Waals surface area contributed by atoms with Gasteiger partial charge in [-0.15, -0.1) is 0 Å². The molecule has 0 bridgehead atoms. The highest BCUT2D eigenvalue weighted by molar-refractivity contribution is 5.63. The molecule has 0 saturated carbocycles. The number of para-hydroxylation sites is 4. The SMILES string of the molecule is COc1ccccc1N1[C]N(CN2[C]N(c3ccccc3OC)C=C2)C=C1. The van der Waals surface area contributed by atoms with Crippen LogP contribution in [0.1, 0.15) is 0 Å². The summed E-state index contributed by atoms with van der Waals surface area (Å²) >= 11 is 0. The molecule has 6 heteroatoms. The Kier molecular flexibility index (Phi) is 4.78. The maximum absolute atomic E-state index is 5.42. The zero-order chi connectivity index (χ0) is 18.6. The maximum atomic E-state index is 5.42. The molecule has 0 saturated heterocycles. The van der Waals surface area contributed by atoms with Gasteiger partial charge in [0.15, 0.2) is 0 Å². The molecule has 4 rings (SSSR count). The summed E-state index contributed by atoms with van der Waals surface area (Å²) in [6.45, 7) is 7.19. The summed E-state index contributed by atoms with van der Waals surface area (Å²) in [7, 11) is 3.34. The van der Waals surface area contributed by atoms with Crippen molar-refractivity contribution in [1.29, 1.82) is 0 Å². The Balaban J connectivity index is 1.37. The predicted octanol–water partition coefficient (Wildman–Crippen LogP) is 3.54. The Bertz CT molecular complexity index is 782. The van der Waals surface area contributed by atoms with Gasteiger partial charge >= 0.3 is 0 Å². The fourth-order valence-corrected chi connectivity index (χ4v) is 2.95. The van der Waals surface area contributed by atoms with Crippen LogP contribution in [0.2, 0.25) is 0 Å². The summed E-state index contributed by atoms with van der Waals surface area (Å²) in [6.07, 6.45) is 7.84. The van der Waals surface area contributed by atoms with Crippen molar-refractivity contribution < 1.29 is 9.47 Å². The molecule has 27 heavy (non-hydrogen) atoms. The molecule has 0 fully saturated rings. The Labute approximate surface area is 160 Å². The Morgan fingerprint density at radius 3 is 1.56 bits per heavy atom. The number of benzene rings is 2. The quantitative estimate of drug-likeness (QED) is 0.783. The summed E-state index contributed by atoms with van der Waals surface area (Å²) in [5, 5.41) is 0. The third-order valence-corrected chi connectivity index (χ3v) is 4.26. The van der Waals surface area contributed by atoms with E-state index in [0.717, 1.165) is 22.9 Å². The third kappa shape index (κ3) is 3.51. The van der Waals surface area contributed by atoms with Crippen LogP contribution in [0, 0.1) is 13.3 Å². The number of ether oxygens (including phenoxy) is 2. The fourth-order valence-electron chi connectivity index (χ4n) is 2.95. The highest BCUT2D eigenvalue weighted by Crippen LogP contribution is 2.33. The first-order valence-electron chi connectivity index (χ1n) is 8.55. The molecule has 6 nitrogen and oxygen atoms in total. The van der Waals surface area contributed by atoms with Gasteiger partial charge in [0.2, 0.25) is 13.3 Å². The number of methoxy groups -OCH3 is 2. The van der Waals surface area contributed by atoms with E-state index in [1.807, 2.05) is 92.9 Å². The molecule has 2 aliphatic heterocycles. The molecule has 2 aromatic carbocycles. The van der Waals surface area contributed by atoms with Gasteiger partial charge < -0.3 is 29.1 Å². The van der Waals surface area contributed by atoms with Crippen molar-refractivity contribution in [3.05, 3.63) is 86.7 Å². The second kappa shape index (κ2) is 7.53. The van der Waals surface area contributed by atoms with E-state index >= 15 is 0 Å². The molecular weight excluding hydrogens is 340 g/mol. The average Bonchev–Trinajstić information content (AvgIpc) is 3.38. The molecule has 0 aromatic heterocycles. The first kappa shape index (κ1) is 17.1. The lowest BCUT2D eigenvalue weighted by molar-refractivity contribution is 0.307. The van der Waals surface area contributed by atoms with E-state index in [-0.39, 0.29) is 0 Å². The standard InChI is InChI=1S/C21H20N4O2/c1-26-20-9-5-3-7-18(20)24-13-11-22(16-24)15-23-12-14-25(17-23)19-8-4-6-10-21(19)27-2/h3-14H,15H2,1-2H3. The van der Waals surface area contributed by atoms with E-state index in [4.69, 9.17) is 9.47 Å². The summed E-state index contributed by atoms with van der Waals surface area (Å²) in [4.78, 5) is 7.73. The summed E-state index contributed by atoms with van der Waals surface area (Å²) in [5.74, 6) is 1.61. The molecule has 0 spiro atoms. The smallest absolute Gasteiger partial charge is 0.214 e. The van der Waals surface area contributed by atoms with Crippen LogP contribution in [0.25, 0.3) is 0 Å². The second-order valence-corrected chi connectivity index (χ2v) is 5.96. The van der Waals surface area contributed by atoms with Crippen molar-refractivity contribution in [2.24, 2.45) is 0 Å². The number of rotatable bonds is 6. The summed E-state index contributed by atoms with van der Waals surface area (Å²) in [5.41, 5.74) is 1.89. The molecule has 2 heterocycles. The molecule has 0 amide bonds. The number of hydrogen-bond donors (Lipinski definition) is 0. The number of hydrogen-bond acceptors (Lipinski definition) is 6. The van der Waals surface area contributed by atoms with Gasteiger partial charge in [0.1, 0.15) is 11.5 Å². The zero-order valence-electron chi connectivity index (χ0n) is 15.2. The van der Waals surface area contributed by atoms with E-state index < -0.39 is 0 Å². The molecule has 0 N–H and O–H groups in total. The predicted molar refractivity (Wildman–Crippen MR) is 104 cm³/mol. The molecule has 0 unspecified atom stereocenters. The third-order valence-electron chi connectivity index (χ3n) is 4.26. The molecule has 0 aliphatic carbocycles. The van der Waals surface area contributed by atoms with Crippen LogP contribution in [0.4, 0.5) is 11.4 Å².